The van der Waals surface area contributed by atoms with Crippen molar-refractivity contribution >= 4 is 43.8 Å². The van der Waals surface area contributed by atoms with E-state index in [-0.39, 0.29) is 0 Å². The second-order valence-electron chi connectivity index (χ2n) is 6.59. The normalized spacial score (nSPS) is 11.6. The van der Waals surface area contributed by atoms with Crippen LogP contribution < -0.4 is 3.53 Å². The third kappa shape index (κ3) is 2.82. The highest BCUT2D eigenvalue weighted by atomic mass is 127. The number of hydrogen-bond donors (Lipinski definition) is 2. The van der Waals surface area contributed by atoms with Crippen LogP contribution in [-0.2, 0) is 3.07 Å². The van der Waals surface area contributed by atoms with Gasteiger partial charge in [-0.15, -0.1) is 0 Å². The number of nitrogens with zero attached hydrogens (tertiary/aromatic N) is 4. The summed E-state index contributed by atoms with van der Waals surface area (Å²) in [5, 5.41) is 7.77. The molecular weight excluding hydrogens is 490 g/mol. The van der Waals surface area contributed by atoms with Crippen LogP contribution in [0, 0.1) is 19.7 Å². The number of fused-ring (bicyclic) bond motifs is 2. The largest absolute Gasteiger partial charge is 0.461 e. The zero-order valence-corrected chi connectivity index (χ0v) is 17.5. The molecule has 0 spiro atoms. The number of hydrogen-bond acceptors (Lipinski definition) is 5. The third-order valence-corrected chi connectivity index (χ3v) is 5.57. The number of nitrogens with one attached hydrogen (secondary N) is 2. The Kier molecular flexibility index (Phi) is 4.15. The van der Waals surface area contributed by atoms with Crippen molar-refractivity contribution in [2.75, 3.05) is 3.53 Å². The molecule has 0 radical (unpaired) electrons. The number of aryl methyl sites for hydroxylation is 1. The van der Waals surface area contributed by atoms with E-state index in [1.54, 1.807) is 48.2 Å². The maximum absolute atomic E-state index is 15.5. The molecule has 146 valence electrons. The van der Waals surface area contributed by atoms with Crippen molar-refractivity contribution in [3.05, 3.63) is 54.1 Å². The Hall–Kier alpha value is -3.15. The second kappa shape index (κ2) is 6.72. The Morgan fingerprint density at radius 2 is 2.07 bits per heavy atom. The van der Waals surface area contributed by atoms with Crippen molar-refractivity contribution in [1.29, 1.82) is 0 Å². The number of halogens is 2. The van der Waals surface area contributed by atoms with Crippen molar-refractivity contribution in [1.82, 2.24) is 24.6 Å². The molecule has 0 aliphatic carbocycles. The van der Waals surface area contributed by atoms with E-state index >= 15 is 4.39 Å². The number of H-pyrrole nitrogens is 1. The topological polar surface area (TPSA) is 101 Å². The van der Waals surface area contributed by atoms with Gasteiger partial charge in [0.05, 0.1) is 35.4 Å². The first-order chi connectivity index (χ1) is 14.1. The van der Waals surface area contributed by atoms with Gasteiger partial charge in [0.1, 0.15) is 17.3 Å². The van der Waals surface area contributed by atoms with Crippen molar-refractivity contribution in [2.24, 2.45) is 0 Å². The highest BCUT2D eigenvalue weighted by Crippen LogP contribution is 2.39. The zero-order valence-electron chi connectivity index (χ0n) is 15.3. The summed E-state index contributed by atoms with van der Waals surface area (Å²) in [4.78, 5) is 8.77. The molecule has 0 atom stereocenters. The van der Waals surface area contributed by atoms with E-state index in [0.29, 0.717) is 50.9 Å². The molecular formula is C19H14FIN6O2. The summed E-state index contributed by atoms with van der Waals surface area (Å²) in [5.74, 6) is 1.26. The van der Waals surface area contributed by atoms with Gasteiger partial charge >= 0.3 is 0 Å². The molecule has 2 N–H and O–H groups in total. The van der Waals surface area contributed by atoms with E-state index in [0.717, 1.165) is 5.39 Å². The van der Waals surface area contributed by atoms with E-state index in [4.69, 9.17) is 4.42 Å². The molecule has 8 nitrogen and oxygen atoms in total. The van der Waals surface area contributed by atoms with Crippen LogP contribution in [0.15, 0.2) is 41.3 Å². The van der Waals surface area contributed by atoms with Crippen LogP contribution in [0.5, 0.6) is 0 Å². The van der Waals surface area contributed by atoms with Gasteiger partial charge < -0.3 is 8.82 Å². The van der Waals surface area contributed by atoms with Gasteiger partial charge in [0, 0.05) is 17.1 Å². The van der Waals surface area contributed by atoms with E-state index in [1.165, 1.54) is 0 Å². The quantitative estimate of drug-likeness (QED) is 0.266. The van der Waals surface area contributed by atoms with Crippen LogP contribution in [0.2, 0.25) is 0 Å². The fourth-order valence-electron chi connectivity index (χ4n) is 3.52. The molecule has 4 aromatic heterocycles. The van der Waals surface area contributed by atoms with Gasteiger partial charge in [-0.3, -0.25) is 13.6 Å². The molecule has 0 bridgehead atoms. The van der Waals surface area contributed by atoms with E-state index in [9.17, 15) is 3.07 Å². The fraction of sp³-hybridized carbons (Fsp3) is 0.105. The monoisotopic (exact) mass is 504 g/mol. The molecule has 0 fully saturated rings. The Labute approximate surface area is 174 Å². The highest BCUT2D eigenvalue weighted by Gasteiger charge is 2.23. The van der Waals surface area contributed by atoms with Crippen LogP contribution in [0.1, 0.15) is 11.3 Å². The average Bonchev–Trinajstić information content (AvgIpc) is 3.42. The van der Waals surface area contributed by atoms with Crippen LogP contribution in [0.25, 0.3) is 39.1 Å². The lowest BCUT2D eigenvalue weighted by atomic mass is 9.96. The molecule has 10 heteroatoms. The summed E-state index contributed by atoms with van der Waals surface area (Å²) in [7, 11) is 0. The predicted octanol–water partition coefficient (Wildman–Crippen LogP) is 4.93. The van der Waals surface area contributed by atoms with Gasteiger partial charge in [0.25, 0.3) is 21.5 Å². The molecule has 1 aromatic carbocycles. The summed E-state index contributed by atoms with van der Waals surface area (Å²) in [6.07, 6.45) is 6.74. The molecule has 29 heavy (non-hydrogen) atoms. The number of aromatic nitrogens is 5. The molecule has 0 aliphatic rings. The van der Waals surface area contributed by atoms with Crippen LogP contribution in [0.3, 0.4) is 0 Å². The molecule has 0 saturated carbocycles. The van der Waals surface area contributed by atoms with Gasteiger partial charge in [-0.1, -0.05) is 0 Å². The third-order valence-electron chi connectivity index (χ3n) is 4.80. The molecule has 5 rings (SSSR count). The summed E-state index contributed by atoms with van der Waals surface area (Å²) >= 11 is -1.38. The fourth-order valence-corrected chi connectivity index (χ4v) is 4.00. The van der Waals surface area contributed by atoms with Gasteiger partial charge in [0.2, 0.25) is 0 Å². The molecule has 0 amide bonds. The minimum Gasteiger partial charge on any atom is -0.461 e. The number of anilines is 1. The highest BCUT2D eigenvalue weighted by molar-refractivity contribution is 14.1. The lowest BCUT2D eigenvalue weighted by Crippen LogP contribution is -1.98. The maximum Gasteiger partial charge on any atom is 0.271 e. The minimum atomic E-state index is -1.38. The number of aromatic amines is 1. The van der Waals surface area contributed by atoms with Crippen LogP contribution in [0.4, 0.5) is 10.2 Å². The zero-order chi connectivity index (χ0) is 20.1. The van der Waals surface area contributed by atoms with Crippen LogP contribution in [-0.4, -0.2) is 24.6 Å². The van der Waals surface area contributed by atoms with Crippen molar-refractivity contribution in [3.8, 4) is 22.6 Å². The summed E-state index contributed by atoms with van der Waals surface area (Å²) in [5.41, 5.74) is 3.14. The maximum atomic E-state index is 15.5. The Morgan fingerprint density at radius 1 is 1.21 bits per heavy atom. The van der Waals surface area contributed by atoms with Gasteiger partial charge in [-0.25, -0.2) is 12.4 Å². The lowest BCUT2D eigenvalue weighted by Gasteiger charge is -2.12. The SMILES string of the molecule is Cc1ccc(-c2c(F)c(C)c(-c3cn4cc(NI=O)nc4cn3)c3cn[nH]c23)o1. The molecule has 0 aliphatic heterocycles. The Balaban J connectivity index is 1.76. The first-order valence-corrected chi connectivity index (χ1v) is 10.6. The molecule has 5 aromatic rings. The first-order valence-electron chi connectivity index (χ1n) is 8.66. The summed E-state index contributed by atoms with van der Waals surface area (Å²) in [6, 6.07) is 3.54. The smallest absolute Gasteiger partial charge is 0.271 e. The van der Waals surface area contributed by atoms with E-state index in [2.05, 4.69) is 23.7 Å². The standard InChI is InChI=1S/C19H14FIN6O2/c1-9-3-4-13(29-9)17-18(20)10(2)16(11-5-23-26-19(11)17)12-7-27-8-14(25-21-28)24-15(27)6-22-12/h3-8H,1-2H3,(H,23,26)(H,25,28). The molecule has 4 heterocycles. The predicted molar refractivity (Wildman–Crippen MR) is 114 cm³/mol. The van der Waals surface area contributed by atoms with Gasteiger partial charge in [-0.2, -0.15) is 5.10 Å². The second-order valence-corrected chi connectivity index (χ2v) is 7.57. The van der Waals surface area contributed by atoms with Crippen molar-refractivity contribution < 1.29 is 11.9 Å². The van der Waals surface area contributed by atoms with Crippen molar-refractivity contribution in [2.45, 2.75) is 13.8 Å². The summed E-state index contributed by atoms with van der Waals surface area (Å²) in [6.45, 7) is 3.53. The number of benzene rings is 1. The summed E-state index contributed by atoms with van der Waals surface area (Å²) < 4.78 is 36.5. The Morgan fingerprint density at radius 3 is 2.83 bits per heavy atom. The minimum absolute atomic E-state index is 0.349. The number of rotatable bonds is 4. The number of imidazole rings is 1. The van der Waals surface area contributed by atoms with E-state index < -0.39 is 27.3 Å². The van der Waals surface area contributed by atoms with Crippen LogP contribution >= 0.6 is 21.5 Å². The Bertz CT molecular complexity index is 1400. The van der Waals surface area contributed by atoms with E-state index in [1.807, 2.05) is 6.92 Å². The molecule has 0 unspecified atom stereocenters. The molecule has 0 saturated heterocycles. The van der Waals surface area contributed by atoms with Crippen molar-refractivity contribution in [3.63, 3.8) is 0 Å². The lowest BCUT2D eigenvalue weighted by molar-refractivity contribution is 0.540. The van der Waals surface area contributed by atoms with Gasteiger partial charge in [0.15, 0.2) is 11.5 Å². The number of furan rings is 1. The first kappa shape index (κ1) is 17.9. The van der Waals surface area contributed by atoms with Gasteiger partial charge in [-0.05, 0) is 31.5 Å². The average molecular weight is 504 g/mol.